The maximum absolute atomic E-state index is 12.9. The van der Waals surface area contributed by atoms with Gasteiger partial charge < -0.3 is 23.8 Å². The summed E-state index contributed by atoms with van der Waals surface area (Å²) in [6.07, 6.45) is -0.789. The lowest BCUT2D eigenvalue weighted by atomic mass is 10.2. The highest BCUT2D eigenvalue weighted by Crippen LogP contribution is 2.31. The molecule has 0 saturated heterocycles. The molecule has 1 heterocycles. The number of esters is 1. The van der Waals surface area contributed by atoms with Crippen molar-refractivity contribution in [2.45, 2.75) is 13.5 Å². The molecule has 0 unspecified atom stereocenters. The monoisotopic (exact) mass is 572 g/mol. The van der Waals surface area contributed by atoms with Crippen LogP contribution in [0.3, 0.4) is 0 Å². The third-order valence-electron chi connectivity index (χ3n) is 5.66. The number of hydrogen-bond donors (Lipinski definition) is 0. The number of halogens is 2. The van der Waals surface area contributed by atoms with Gasteiger partial charge in [0.2, 0.25) is 0 Å². The molecule has 3 aromatic rings. The standard InChI is InChI=1S/C28H26Cl2N2O7/c1-2-36-27(34)17-31(28(35)39-25-15-20(29)9-12-22(25)30)16-19-7-10-21(11-8-19)37-14-13-32-23-5-3-4-6-24(23)38-18-26(32)33/h3-12,15H,2,13-14,16-18H2,1H3. The highest BCUT2D eigenvalue weighted by atomic mass is 35.5. The number of amides is 2. The Morgan fingerprint density at radius 2 is 1.82 bits per heavy atom. The molecule has 0 aliphatic carbocycles. The zero-order valence-electron chi connectivity index (χ0n) is 21.1. The number of ether oxygens (including phenoxy) is 4. The predicted molar refractivity (Wildman–Crippen MR) is 146 cm³/mol. The molecular weight excluding hydrogens is 547 g/mol. The van der Waals surface area contributed by atoms with E-state index >= 15 is 0 Å². The molecule has 1 aliphatic heterocycles. The summed E-state index contributed by atoms with van der Waals surface area (Å²) in [4.78, 5) is 40.2. The number of benzene rings is 3. The first-order valence-electron chi connectivity index (χ1n) is 12.2. The van der Waals surface area contributed by atoms with Gasteiger partial charge in [-0.1, -0.05) is 47.5 Å². The van der Waals surface area contributed by atoms with Gasteiger partial charge in [-0.15, -0.1) is 0 Å². The second-order valence-electron chi connectivity index (χ2n) is 8.40. The molecular formula is C28H26Cl2N2O7. The highest BCUT2D eigenvalue weighted by molar-refractivity contribution is 6.34. The second-order valence-corrected chi connectivity index (χ2v) is 9.24. The van der Waals surface area contributed by atoms with Crippen LogP contribution in [0.5, 0.6) is 17.2 Å². The normalized spacial score (nSPS) is 12.3. The maximum Gasteiger partial charge on any atom is 0.416 e. The van der Waals surface area contributed by atoms with E-state index < -0.39 is 12.1 Å². The lowest BCUT2D eigenvalue weighted by Gasteiger charge is -2.29. The van der Waals surface area contributed by atoms with E-state index in [1.165, 1.54) is 17.0 Å². The minimum absolute atomic E-state index is 0.0139. The van der Waals surface area contributed by atoms with Crippen molar-refractivity contribution >= 4 is 46.9 Å². The number of fused-ring (bicyclic) bond motifs is 1. The van der Waals surface area contributed by atoms with Crippen molar-refractivity contribution in [3.8, 4) is 17.2 Å². The molecule has 0 fully saturated rings. The molecule has 204 valence electrons. The Kier molecular flexibility index (Phi) is 9.51. The molecule has 3 aromatic carbocycles. The number of anilines is 1. The SMILES string of the molecule is CCOC(=O)CN(Cc1ccc(OCCN2C(=O)COc3ccccc32)cc1)C(=O)Oc1cc(Cl)ccc1Cl. The van der Waals surface area contributed by atoms with Crippen molar-refractivity contribution < 1.29 is 33.3 Å². The van der Waals surface area contributed by atoms with Gasteiger partial charge in [0.1, 0.15) is 24.7 Å². The number of hydrogen-bond acceptors (Lipinski definition) is 7. The zero-order valence-corrected chi connectivity index (χ0v) is 22.6. The van der Waals surface area contributed by atoms with Gasteiger partial charge in [0.15, 0.2) is 12.4 Å². The summed E-state index contributed by atoms with van der Waals surface area (Å²) in [7, 11) is 0. The smallest absolute Gasteiger partial charge is 0.416 e. The Morgan fingerprint density at radius 3 is 2.59 bits per heavy atom. The van der Waals surface area contributed by atoms with Gasteiger partial charge >= 0.3 is 12.1 Å². The number of nitrogens with zero attached hydrogens (tertiary/aromatic N) is 2. The van der Waals surface area contributed by atoms with Gasteiger partial charge in [0.25, 0.3) is 5.91 Å². The first-order chi connectivity index (χ1) is 18.8. The van der Waals surface area contributed by atoms with Crippen LogP contribution in [-0.4, -0.2) is 55.8 Å². The molecule has 0 spiro atoms. The Balaban J connectivity index is 1.37. The maximum atomic E-state index is 12.9. The van der Waals surface area contributed by atoms with Crippen LogP contribution in [0.2, 0.25) is 10.0 Å². The summed E-state index contributed by atoms with van der Waals surface area (Å²) >= 11 is 12.1. The molecule has 39 heavy (non-hydrogen) atoms. The van der Waals surface area contributed by atoms with Crippen LogP contribution in [0.1, 0.15) is 12.5 Å². The minimum atomic E-state index is -0.789. The molecule has 11 heteroatoms. The average Bonchev–Trinajstić information content (AvgIpc) is 2.92. The predicted octanol–water partition coefficient (Wildman–Crippen LogP) is 5.36. The quantitative estimate of drug-likeness (QED) is 0.302. The fourth-order valence-electron chi connectivity index (χ4n) is 3.83. The van der Waals surface area contributed by atoms with Gasteiger partial charge in [0, 0.05) is 17.6 Å². The van der Waals surface area contributed by atoms with Crippen LogP contribution >= 0.6 is 23.2 Å². The number of rotatable bonds is 10. The second kappa shape index (κ2) is 13.2. The Morgan fingerprint density at radius 1 is 1.05 bits per heavy atom. The summed E-state index contributed by atoms with van der Waals surface area (Å²) in [5.74, 6) is 0.599. The first-order valence-corrected chi connectivity index (χ1v) is 12.9. The van der Waals surface area contributed by atoms with Crippen molar-refractivity contribution in [1.82, 2.24) is 4.90 Å². The topological polar surface area (TPSA) is 94.6 Å². The fraction of sp³-hybridized carbons (Fsp3) is 0.250. The molecule has 4 rings (SSSR count). The van der Waals surface area contributed by atoms with Crippen molar-refractivity contribution in [2.24, 2.45) is 0 Å². The third-order valence-corrected chi connectivity index (χ3v) is 6.21. The largest absolute Gasteiger partial charge is 0.492 e. The lowest BCUT2D eigenvalue weighted by molar-refractivity contribution is -0.144. The molecule has 0 saturated carbocycles. The van der Waals surface area contributed by atoms with Crippen LogP contribution < -0.4 is 19.1 Å². The average molecular weight is 573 g/mol. The van der Waals surface area contributed by atoms with Crippen LogP contribution in [0.15, 0.2) is 66.7 Å². The molecule has 1 aliphatic rings. The molecule has 2 amide bonds. The van der Waals surface area contributed by atoms with E-state index in [0.29, 0.717) is 28.8 Å². The van der Waals surface area contributed by atoms with E-state index in [2.05, 4.69) is 0 Å². The van der Waals surface area contributed by atoms with Crippen molar-refractivity contribution in [3.05, 3.63) is 82.3 Å². The molecule has 0 bridgehead atoms. The molecule has 0 radical (unpaired) electrons. The number of para-hydroxylation sites is 2. The Labute approximate surface area is 235 Å². The Hall–Kier alpha value is -3.95. The summed E-state index contributed by atoms with van der Waals surface area (Å²) in [6, 6.07) is 18.9. The lowest BCUT2D eigenvalue weighted by Crippen LogP contribution is -2.41. The third kappa shape index (κ3) is 7.55. The van der Waals surface area contributed by atoms with Gasteiger partial charge in [-0.25, -0.2) is 4.79 Å². The van der Waals surface area contributed by atoms with Gasteiger partial charge in [-0.05, 0) is 48.9 Å². The van der Waals surface area contributed by atoms with Gasteiger partial charge in [0.05, 0.1) is 23.9 Å². The number of carbonyl (C=O) groups excluding carboxylic acids is 3. The summed E-state index contributed by atoms with van der Waals surface area (Å²) in [5.41, 5.74) is 1.43. The van der Waals surface area contributed by atoms with Crippen LogP contribution in [0.4, 0.5) is 10.5 Å². The van der Waals surface area contributed by atoms with Crippen molar-refractivity contribution in [3.63, 3.8) is 0 Å². The van der Waals surface area contributed by atoms with Crippen LogP contribution in [0.25, 0.3) is 0 Å². The first kappa shape index (κ1) is 28.1. The van der Waals surface area contributed by atoms with Gasteiger partial charge in [-0.3, -0.25) is 14.5 Å². The van der Waals surface area contributed by atoms with E-state index in [0.717, 1.165) is 5.56 Å². The van der Waals surface area contributed by atoms with Crippen molar-refractivity contribution in [2.75, 3.05) is 37.8 Å². The van der Waals surface area contributed by atoms with E-state index in [4.69, 9.17) is 42.1 Å². The summed E-state index contributed by atoms with van der Waals surface area (Å²) < 4.78 is 21.7. The van der Waals surface area contributed by atoms with Crippen LogP contribution in [-0.2, 0) is 20.9 Å². The van der Waals surface area contributed by atoms with Crippen LogP contribution in [0, 0.1) is 0 Å². The Bertz CT molecular complexity index is 1330. The number of carbonyl (C=O) groups is 3. The fourth-order valence-corrected chi connectivity index (χ4v) is 4.15. The zero-order chi connectivity index (χ0) is 27.8. The summed E-state index contributed by atoms with van der Waals surface area (Å²) in [6.45, 7) is 2.20. The van der Waals surface area contributed by atoms with E-state index in [-0.39, 0.29) is 49.6 Å². The molecule has 0 aromatic heterocycles. The molecule has 0 atom stereocenters. The molecule has 0 N–H and O–H groups in total. The minimum Gasteiger partial charge on any atom is -0.492 e. The van der Waals surface area contributed by atoms with Crippen molar-refractivity contribution in [1.29, 1.82) is 0 Å². The van der Waals surface area contributed by atoms with E-state index in [1.54, 1.807) is 42.2 Å². The molecule has 9 nitrogen and oxygen atoms in total. The van der Waals surface area contributed by atoms with E-state index in [1.807, 2.05) is 24.3 Å². The highest BCUT2D eigenvalue weighted by Gasteiger charge is 2.25. The van der Waals surface area contributed by atoms with Gasteiger partial charge in [-0.2, -0.15) is 0 Å². The van der Waals surface area contributed by atoms with E-state index in [9.17, 15) is 14.4 Å². The summed E-state index contributed by atoms with van der Waals surface area (Å²) in [5, 5.41) is 0.546.